The van der Waals surface area contributed by atoms with E-state index in [1.165, 1.54) is 4.90 Å². The number of likely N-dealkylation sites (tertiary alicyclic amines) is 1. The van der Waals surface area contributed by atoms with E-state index in [1.807, 2.05) is 67.5 Å². The number of amides is 1. The summed E-state index contributed by atoms with van der Waals surface area (Å²) in [6.45, 7) is 4.85. The third-order valence-electron chi connectivity index (χ3n) is 5.98. The first-order chi connectivity index (χ1) is 17.9. The number of hydrogen-bond acceptors (Lipinski definition) is 6. The molecule has 4 rings (SSSR count). The van der Waals surface area contributed by atoms with Gasteiger partial charge in [-0.05, 0) is 68.2 Å². The topological polar surface area (TPSA) is 79.3 Å². The maximum atomic E-state index is 13.3. The molecule has 7 heteroatoms. The summed E-state index contributed by atoms with van der Waals surface area (Å²) in [5.41, 5.74) is 1.12. The number of ketones is 1. The van der Waals surface area contributed by atoms with E-state index < -0.39 is 17.7 Å². The molecular formula is C30H30N2O5. The Morgan fingerprint density at radius 1 is 0.973 bits per heavy atom. The van der Waals surface area contributed by atoms with E-state index in [4.69, 9.17) is 9.47 Å². The lowest BCUT2D eigenvalue weighted by Crippen LogP contribution is -2.35. The van der Waals surface area contributed by atoms with Crippen molar-refractivity contribution in [3.8, 4) is 17.2 Å². The zero-order valence-electron chi connectivity index (χ0n) is 21.0. The minimum absolute atomic E-state index is 0.0420. The zero-order valence-corrected chi connectivity index (χ0v) is 21.0. The number of carbonyl (C=O) groups excluding carboxylic acids is 2. The summed E-state index contributed by atoms with van der Waals surface area (Å²) in [5, 5.41) is 11.3. The van der Waals surface area contributed by atoms with Gasteiger partial charge in [0.25, 0.3) is 11.7 Å². The van der Waals surface area contributed by atoms with Crippen molar-refractivity contribution in [2.24, 2.45) is 0 Å². The third kappa shape index (κ3) is 5.90. The van der Waals surface area contributed by atoms with Gasteiger partial charge in [0.15, 0.2) is 0 Å². The van der Waals surface area contributed by atoms with E-state index >= 15 is 0 Å². The average Bonchev–Trinajstić information content (AvgIpc) is 3.16. The summed E-state index contributed by atoms with van der Waals surface area (Å²) in [5.74, 6) is 0.229. The molecule has 1 N–H and O–H groups in total. The Labute approximate surface area is 216 Å². The number of ether oxygens (including phenoxy) is 2. The van der Waals surface area contributed by atoms with Crippen LogP contribution in [0.5, 0.6) is 17.2 Å². The molecule has 0 aromatic heterocycles. The highest BCUT2D eigenvalue weighted by Gasteiger charge is 2.46. The van der Waals surface area contributed by atoms with E-state index in [0.29, 0.717) is 48.1 Å². The molecule has 0 bridgehead atoms. The molecule has 37 heavy (non-hydrogen) atoms. The van der Waals surface area contributed by atoms with Crippen molar-refractivity contribution in [2.45, 2.75) is 6.04 Å². The fourth-order valence-corrected chi connectivity index (χ4v) is 4.16. The normalized spacial score (nSPS) is 16.7. The molecule has 1 fully saturated rings. The van der Waals surface area contributed by atoms with Crippen molar-refractivity contribution in [1.29, 1.82) is 0 Å². The number of aliphatic hydroxyl groups is 1. The molecule has 0 spiro atoms. The minimum Gasteiger partial charge on any atom is -0.507 e. The highest BCUT2D eigenvalue weighted by molar-refractivity contribution is 6.46. The van der Waals surface area contributed by atoms with Crippen LogP contribution in [0.3, 0.4) is 0 Å². The first-order valence-corrected chi connectivity index (χ1v) is 12.0. The number of Topliss-reactive ketones (excluding diaryl/α,β-unsaturated/α-hetero) is 1. The van der Waals surface area contributed by atoms with Crippen molar-refractivity contribution < 1.29 is 24.2 Å². The summed E-state index contributed by atoms with van der Waals surface area (Å²) in [4.78, 5) is 29.9. The zero-order chi connectivity index (χ0) is 26.4. The van der Waals surface area contributed by atoms with E-state index in [0.717, 1.165) is 0 Å². The maximum absolute atomic E-state index is 13.3. The summed E-state index contributed by atoms with van der Waals surface area (Å²) >= 11 is 0. The molecule has 190 valence electrons. The predicted octanol–water partition coefficient (Wildman–Crippen LogP) is 5.03. The van der Waals surface area contributed by atoms with Crippen LogP contribution in [0.25, 0.3) is 5.76 Å². The lowest BCUT2D eigenvalue weighted by Gasteiger charge is -2.27. The lowest BCUT2D eigenvalue weighted by atomic mass is 9.95. The number of nitrogens with zero attached hydrogens (tertiary/aromatic N) is 2. The van der Waals surface area contributed by atoms with E-state index in [9.17, 15) is 14.7 Å². The van der Waals surface area contributed by atoms with Gasteiger partial charge < -0.3 is 24.4 Å². The molecule has 1 aliphatic heterocycles. The van der Waals surface area contributed by atoms with Gasteiger partial charge in [-0.1, -0.05) is 43.0 Å². The Hall–Kier alpha value is -4.36. The van der Waals surface area contributed by atoms with Gasteiger partial charge in [-0.25, -0.2) is 0 Å². The summed E-state index contributed by atoms with van der Waals surface area (Å²) in [6.07, 6.45) is 1.64. The Morgan fingerprint density at radius 3 is 2.35 bits per heavy atom. The van der Waals surface area contributed by atoms with Crippen LogP contribution < -0.4 is 9.47 Å². The van der Waals surface area contributed by atoms with Crippen LogP contribution in [0.2, 0.25) is 0 Å². The molecule has 0 saturated carbocycles. The van der Waals surface area contributed by atoms with E-state index in [1.54, 1.807) is 36.4 Å². The monoisotopic (exact) mass is 498 g/mol. The van der Waals surface area contributed by atoms with Crippen LogP contribution in [0.15, 0.2) is 97.1 Å². The van der Waals surface area contributed by atoms with Crippen molar-refractivity contribution in [3.05, 3.63) is 108 Å². The Morgan fingerprint density at radius 2 is 1.68 bits per heavy atom. The average molecular weight is 499 g/mol. The Balaban J connectivity index is 1.75. The summed E-state index contributed by atoms with van der Waals surface area (Å²) < 4.78 is 11.5. The molecule has 3 aromatic rings. The first kappa shape index (κ1) is 25.7. The molecule has 1 atom stereocenters. The largest absolute Gasteiger partial charge is 0.507 e. The van der Waals surface area contributed by atoms with Crippen molar-refractivity contribution in [3.63, 3.8) is 0 Å². The fraction of sp³-hybridized carbons (Fsp3) is 0.200. The smallest absolute Gasteiger partial charge is 0.295 e. The van der Waals surface area contributed by atoms with Gasteiger partial charge in [-0.15, -0.1) is 0 Å². The number of carbonyl (C=O) groups is 2. The SMILES string of the molecule is C=CCOc1ccc(/C(O)=C2\C(=O)C(=O)N(CCN(C)C)C2c2cccc(Oc3ccccc3)c2)cc1. The molecule has 3 aromatic carbocycles. The van der Waals surface area contributed by atoms with E-state index in [-0.39, 0.29) is 11.3 Å². The molecule has 1 saturated heterocycles. The van der Waals surface area contributed by atoms with Gasteiger partial charge in [-0.3, -0.25) is 9.59 Å². The van der Waals surface area contributed by atoms with Crippen LogP contribution in [0.4, 0.5) is 0 Å². The molecule has 0 aliphatic carbocycles. The molecular weight excluding hydrogens is 468 g/mol. The second kappa shape index (κ2) is 11.6. The van der Waals surface area contributed by atoms with Gasteiger partial charge in [0.2, 0.25) is 0 Å². The number of hydrogen-bond donors (Lipinski definition) is 1. The molecule has 1 aliphatic rings. The molecule has 1 heterocycles. The van der Waals surface area contributed by atoms with Crippen LogP contribution in [-0.2, 0) is 9.59 Å². The highest BCUT2D eigenvalue weighted by atomic mass is 16.5. The third-order valence-corrected chi connectivity index (χ3v) is 5.98. The van der Waals surface area contributed by atoms with Crippen LogP contribution in [0, 0.1) is 0 Å². The minimum atomic E-state index is -0.768. The van der Waals surface area contributed by atoms with Gasteiger partial charge in [0.1, 0.15) is 29.6 Å². The van der Waals surface area contributed by atoms with Gasteiger partial charge in [0.05, 0.1) is 11.6 Å². The van der Waals surface area contributed by atoms with Crippen LogP contribution in [-0.4, -0.2) is 60.4 Å². The molecule has 7 nitrogen and oxygen atoms in total. The van der Waals surface area contributed by atoms with Crippen LogP contribution in [0.1, 0.15) is 17.2 Å². The standard InChI is InChI=1S/C30H30N2O5/c1-4-19-36-23-15-13-21(14-16-23)28(33)26-27(32(18-17-31(2)3)30(35)29(26)34)22-9-8-12-25(20-22)37-24-10-6-5-7-11-24/h4-16,20,27,33H,1,17-19H2,2-3H3/b28-26+. The van der Waals surface area contributed by atoms with Gasteiger partial charge in [-0.2, -0.15) is 0 Å². The summed E-state index contributed by atoms with van der Waals surface area (Å²) in [7, 11) is 3.80. The molecule has 1 amide bonds. The van der Waals surface area contributed by atoms with Crippen LogP contribution >= 0.6 is 0 Å². The van der Waals surface area contributed by atoms with E-state index in [2.05, 4.69) is 6.58 Å². The number of rotatable bonds is 10. The first-order valence-electron chi connectivity index (χ1n) is 12.0. The van der Waals surface area contributed by atoms with Gasteiger partial charge >= 0.3 is 0 Å². The Bertz CT molecular complexity index is 1300. The van der Waals surface area contributed by atoms with Crippen molar-refractivity contribution in [1.82, 2.24) is 9.80 Å². The second-order valence-electron chi connectivity index (χ2n) is 8.91. The van der Waals surface area contributed by atoms with Crippen molar-refractivity contribution >= 4 is 17.4 Å². The Kier molecular flexibility index (Phi) is 8.05. The lowest BCUT2D eigenvalue weighted by molar-refractivity contribution is -0.140. The fourth-order valence-electron chi connectivity index (χ4n) is 4.16. The number of para-hydroxylation sites is 1. The number of likely N-dealkylation sites (N-methyl/N-ethyl adjacent to an activating group) is 1. The number of aliphatic hydroxyl groups excluding tert-OH is 1. The van der Waals surface area contributed by atoms with Crippen molar-refractivity contribution in [2.75, 3.05) is 33.8 Å². The maximum Gasteiger partial charge on any atom is 0.295 e. The molecule has 0 radical (unpaired) electrons. The van der Waals surface area contributed by atoms with Gasteiger partial charge in [0, 0.05) is 18.7 Å². The second-order valence-corrected chi connectivity index (χ2v) is 8.91. The highest BCUT2D eigenvalue weighted by Crippen LogP contribution is 2.40. The number of benzene rings is 3. The molecule has 1 unspecified atom stereocenters. The quantitative estimate of drug-likeness (QED) is 0.183. The summed E-state index contributed by atoms with van der Waals surface area (Å²) in [6, 6.07) is 22.5. The predicted molar refractivity (Wildman–Crippen MR) is 143 cm³/mol.